The molecule has 0 amide bonds. The molecule has 3 saturated heterocycles. The lowest BCUT2D eigenvalue weighted by atomic mass is 10.2. The van der Waals surface area contributed by atoms with Crippen LogP contribution in [0.3, 0.4) is 0 Å². The highest BCUT2D eigenvalue weighted by atomic mass is 32.3. The third-order valence-corrected chi connectivity index (χ3v) is 5.77. The average Bonchev–Trinajstić information content (AvgIpc) is 3.14. The van der Waals surface area contributed by atoms with Gasteiger partial charge in [-0.15, -0.1) is 0 Å². The van der Waals surface area contributed by atoms with Crippen molar-refractivity contribution in [2.24, 2.45) is 0 Å². The van der Waals surface area contributed by atoms with Crippen LogP contribution in [0.1, 0.15) is 0 Å². The summed E-state index contributed by atoms with van der Waals surface area (Å²) >= 11 is 0. The summed E-state index contributed by atoms with van der Waals surface area (Å²) in [6.45, 7) is -1.97. The Bertz CT molecular complexity index is 908. The minimum absolute atomic E-state index is 0.456. The zero-order chi connectivity index (χ0) is 21.4. The van der Waals surface area contributed by atoms with E-state index in [4.69, 9.17) is 14.0 Å². The Labute approximate surface area is 163 Å². The molecule has 0 aliphatic carbocycles. The molecule has 3 heterocycles. The first-order chi connectivity index (χ1) is 13.3. The molecule has 21 heteroatoms. The third-order valence-electron chi connectivity index (χ3n) is 3.09. The summed E-state index contributed by atoms with van der Waals surface area (Å²) in [6, 6.07) is 0. The first-order valence-electron chi connectivity index (χ1n) is 7.32. The van der Waals surface area contributed by atoms with Crippen LogP contribution in [0.5, 0.6) is 0 Å². The van der Waals surface area contributed by atoms with Crippen molar-refractivity contribution < 1.29 is 73.1 Å². The summed E-state index contributed by atoms with van der Waals surface area (Å²) in [7, 11) is -15.6. The molecule has 29 heavy (non-hydrogen) atoms. The van der Waals surface area contributed by atoms with Gasteiger partial charge in [-0.2, -0.15) is 25.3 Å². The van der Waals surface area contributed by atoms with E-state index in [1.54, 1.807) is 0 Å². The Morgan fingerprint density at radius 1 is 0.793 bits per heavy atom. The van der Waals surface area contributed by atoms with Crippen molar-refractivity contribution >= 4 is 38.5 Å². The number of rotatable bonds is 8. The lowest BCUT2D eigenvalue weighted by Gasteiger charge is -2.19. The number of hydrogen-bond donors (Lipinski definition) is 0. The van der Waals surface area contributed by atoms with Crippen LogP contribution in [0.25, 0.3) is 0 Å². The molecule has 168 valence electrons. The van der Waals surface area contributed by atoms with E-state index in [0.29, 0.717) is 0 Å². The number of hydrogen-bond acceptors (Lipinski definition) is 15. The average molecular weight is 492 g/mol. The Kier molecular flexibility index (Phi) is 6.77. The Balaban J connectivity index is 1.59. The largest absolute Gasteiger partial charge is 0.641 e. The van der Waals surface area contributed by atoms with Crippen LogP contribution in [-0.2, 0) is 70.3 Å². The lowest BCUT2D eigenvalue weighted by molar-refractivity contribution is -0.108. The molecule has 0 saturated carbocycles. The van der Waals surface area contributed by atoms with Gasteiger partial charge in [0.15, 0.2) is 6.10 Å². The zero-order valence-electron chi connectivity index (χ0n) is 13.7. The molecule has 3 aliphatic heterocycles. The quantitative estimate of drug-likeness (QED) is 0.325. The second-order valence-electron chi connectivity index (χ2n) is 5.31. The van der Waals surface area contributed by atoms with Crippen molar-refractivity contribution in [2.45, 2.75) is 31.2 Å². The van der Waals surface area contributed by atoms with Crippen LogP contribution in [0, 0.1) is 0 Å². The lowest BCUT2D eigenvalue weighted by Crippen LogP contribution is -2.40. The monoisotopic (exact) mass is 492 g/mol. The van der Waals surface area contributed by atoms with Crippen molar-refractivity contribution in [2.75, 3.05) is 19.8 Å². The molecule has 15 nitrogen and oxygen atoms in total. The highest BCUT2D eigenvalue weighted by Crippen LogP contribution is 2.25. The van der Waals surface area contributed by atoms with Crippen LogP contribution < -0.4 is 0 Å². The summed E-state index contributed by atoms with van der Waals surface area (Å²) in [6.07, 6.45) is -10.3. The normalized spacial score (nSPS) is 37.7. The minimum Gasteiger partial charge on any atom is -0.383 e. The summed E-state index contributed by atoms with van der Waals surface area (Å²) < 4.78 is 133. The maximum absolute atomic E-state index is 13.5. The van der Waals surface area contributed by atoms with Gasteiger partial charge in [-0.25, -0.2) is 33.9 Å². The molecule has 0 aromatic heterocycles. The molecular formula is C8H11BF2O15S3. The van der Waals surface area contributed by atoms with Crippen LogP contribution in [0.4, 0.5) is 8.78 Å². The van der Waals surface area contributed by atoms with Crippen LogP contribution in [0.15, 0.2) is 0 Å². The topological polar surface area (TPSA) is 185 Å². The van der Waals surface area contributed by atoms with E-state index >= 15 is 0 Å². The van der Waals surface area contributed by atoms with Crippen molar-refractivity contribution in [3.8, 4) is 0 Å². The van der Waals surface area contributed by atoms with Gasteiger partial charge >= 0.3 is 38.5 Å². The molecule has 0 aromatic carbocycles. The number of halogens is 2. The molecule has 3 rings (SSSR count). The van der Waals surface area contributed by atoms with Crippen LogP contribution in [-0.4, -0.2) is 83.6 Å². The summed E-state index contributed by atoms with van der Waals surface area (Å²) in [5, 5.41) is 0. The molecule has 0 radical (unpaired) electrons. The molecule has 0 N–H and O–H groups in total. The Morgan fingerprint density at radius 2 is 1.41 bits per heavy atom. The molecular weight excluding hydrogens is 481 g/mol. The summed E-state index contributed by atoms with van der Waals surface area (Å²) in [5.41, 5.74) is 0. The van der Waals surface area contributed by atoms with Gasteiger partial charge < -0.3 is 14.0 Å². The maximum Gasteiger partial charge on any atom is 0.641 e. The molecule has 3 fully saturated rings. The second kappa shape index (κ2) is 8.51. The first kappa shape index (κ1) is 23.1. The fraction of sp³-hybridized carbons (Fsp3) is 1.00. The fourth-order valence-electron chi connectivity index (χ4n) is 1.97. The Morgan fingerprint density at radius 3 is 1.93 bits per heavy atom. The first-order valence-corrected chi connectivity index (χ1v) is 11.3. The van der Waals surface area contributed by atoms with Crippen molar-refractivity contribution in [3.63, 3.8) is 0 Å². The van der Waals surface area contributed by atoms with E-state index in [9.17, 15) is 34.0 Å². The smallest absolute Gasteiger partial charge is 0.383 e. The fourth-order valence-corrected chi connectivity index (χ4v) is 4.36. The van der Waals surface area contributed by atoms with Gasteiger partial charge in [-0.1, -0.05) is 0 Å². The summed E-state index contributed by atoms with van der Waals surface area (Å²) in [5.74, 6) is 0. The molecule has 5 atom stereocenters. The van der Waals surface area contributed by atoms with Crippen molar-refractivity contribution in [1.82, 2.24) is 0 Å². The van der Waals surface area contributed by atoms with Crippen LogP contribution >= 0.6 is 0 Å². The van der Waals surface area contributed by atoms with Crippen LogP contribution in [0.2, 0.25) is 0 Å². The second-order valence-corrected chi connectivity index (χ2v) is 8.96. The summed E-state index contributed by atoms with van der Waals surface area (Å²) in [4.78, 5) is 0. The molecule has 0 bridgehead atoms. The number of alkyl halides is 2. The molecule has 0 aromatic rings. The standard InChI is InChI=1S/C8H11BF2O15S3/c10-6-5(23-28(14,15)24-6)3-19-9(18-1-4-2-20-27(12,13)22-4)21-8-7(11)25-29(16,17)26-8/h4-8H,1-3H2. The predicted molar refractivity (Wildman–Crippen MR) is 78.0 cm³/mol. The predicted octanol–water partition coefficient (Wildman–Crippen LogP) is -2.45. The van der Waals surface area contributed by atoms with E-state index in [2.05, 4.69) is 25.1 Å². The van der Waals surface area contributed by atoms with Gasteiger partial charge in [-0.3, -0.25) is 0 Å². The van der Waals surface area contributed by atoms with Gasteiger partial charge in [-0.05, 0) is 0 Å². The molecule has 3 aliphatic rings. The van der Waals surface area contributed by atoms with Crippen molar-refractivity contribution in [3.05, 3.63) is 0 Å². The SMILES string of the molecule is O=S1(=O)OCC(COB(OCC2OS(=O)(=O)OC2F)OC2OS(=O)(=O)OC2F)O1. The maximum atomic E-state index is 13.5. The van der Waals surface area contributed by atoms with Gasteiger partial charge in [0.05, 0.1) is 19.8 Å². The van der Waals surface area contributed by atoms with Gasteiger partial charge in [0.25, 0.3) is 6.36 Å². The third kappa shape index (κ3) is 6.45. The minimum atomic E-state index is -4.71. The highest BCUT2D eigenvalue weighted by molar-refractivity contribution is 7.82. The van der Waals surface area contributed by atoms with Crippen molar-refractivity contribution in [1.29, 1.82) is 0 Å². The van der Waals surface area contributed by atoms with Gasteiger partial charge in [0.2, 0.25) is 12.6 Å². The van der Waals surface area contributed by atoms with Gasteiger partial charge in [0, 0.05) is 0 Å². The molecule has 5 unspecified atom stereocenters. The van der Waals surface area contributed by atoms with E-state index < -0.39 is 89.6 Å². The highest BCUT2D eigenvalue weighted by Gasteiger charge is 2.47. The van der Waals surface area contributed by atoms with E-state index in [1.165, 1.54) is 0 Å². The van der Waals surface area contributed by atoms with E-state index in [0.717, 1.165) is 0 Å². The molecule has 0 spiro atoms. The van der Waals surface area contributed by atoms with E-state index in [-0.39, 0.29) is 0 Å². The Hall–Kier alpha value is -0.585. The van der Waals surface area contributed by atoms with Gasteiger partial charge in [0.1, 0.15) is 6.10 Å². The zero-order valence-corrected chi connectivity index (χ0v) is 16.1. The van der Waals surface area contributed by atoms with E-state index in [1.807, 2.05) is 0 Å².